The number of nitrogens with one attached hydrogen (secondary N) is 2. The van der Waals surface area contributed by atoms with E-state index in [1.165, 1.54) is 4.88 Å². The highest BCUT2D eigenvalue weighted by atomic mass is 32.1. The number of rotatable bonds is 9. The Hall–Kier alpha value is -2.41. The summed E-state index contributed by atoms with van der Waals surface area (Å²) in [4.78, 5) is 6.10. The van der Waals surface area contributed by atoms with Gasteiger partial charge in [0.1, 0.15) is 16.5 Å². The third-order valence-electron chi connectivity index (χ3n) is 4.23. The first-order valence-corrected chi connectivity index (χ1v) is 9.70. The largest absolute Gasteiger partial charge is 0.497 e. The SMILES string of the molecule is CNCCNCc1nc(-c2ccc(OC)cc2)sc1-c1ccc(OC)cc1. The Morgan fingerprint density at radius 1 is 0.852 bits per heavy atom. The van der Waals surface area contributed by atoms with Crippen molar-refractivity contribution in [2.75, 3.05) is 34.4 Å². The Bertz CT molecular complexity index is 845. The number of thiazole rings is 1. The van der Waals surface area contributed by atoms with Gasteiger partial charge in [-0.3, -0.25) is 0 Å². The number of likely N-dealkylation sites (N-methyl/N-ethyl adjacent to an activating group) is 1. The van der Waals surface area contributed by atoms with Crippen molar-refractivity contribution < 1.29 is 9.47 Å². The van der Waals surface area contributed by atoms with Crippen LogP contribution >= 0.6 is 11.3 Å². The van der Waals surface area contributed by atoms with E-state index in [0.29, 0.717) is 0 Å². The van der Waals surface area contributed by atoms with Gasteiger partial charge in [-0.2, -0.15) is 0 Å². The molecule has 0 aliphatic carbocycles. The highest BCUT2D eigenvalue weighted by Crippen LogP contribution is 2.36. The minimum Gasteiger partial charge on any atom is -0.497 e. The fraction of sp³-hybridized carbons (Fsp3) is 0.286. The standard InChI is InChI=1S/C21H25N3O2S/c1-22-12-13-23-14-19-20(15-4-8-17(25-2)9-5-15)27-21(24-19)16-6-10-18(26-3)11-7-16/h4-11,22-23H,12-14H2,1-3H3. The average molecular weight is 384 g/mol. The van der Waals surface area contributed by atoms with Gasteiger partial charge in [0.2, 0.25) is 0 Å². The number of methoxy groups -OCH3 is 2. The predicted octanol–water partition coefficient (Wildman–Crippen LogP) is 3.80. The molecule has 3 aromatic rings. The third kappa shape index (κ3) is 4.86. The van der Waals surface area contributed by atoms with E-state index in [0.717, 1.165) is 53.0 Å². The number of ether oxygens (including phenoxy) is 2. The molecule has 2 N–H and O–H groups in total. The minimum atomic E-state index is 0.732. The van der Waals surface area contributed by atoms with E-state index in [1.54, 1.807) is 25.6 Å². The van der Waals surface area contributed by atoms with Crippen LogP contribution in [0.2, 0.25) is 0 Å². The van der Waals surface area contributed by atoms with Crippen molar-refractivity contribution in [3.63, 3.8) is 0 Å². The number of nitrogens with zero attached hydrogens (tertiary/aromatic N) is 1. The lowest BCUT2D eigenvalue weighted by Gasteiger charge is -2.06. The highest BCUT2D eigenvalue weighted by molar-refractivity contribution is 7.18. The van der Waals surface area contributed by atoms with E-state index in [9.17, 15) is 0 Å². The Labute approximate surface area is 164 Å². The summed E-state index contributed by atoms with van der Waals surface area (Å²) in [6.45, 7) is 2.55. The number of hydrogen-bond donors (Lipinski definition) is 2. The second-order valence-electron chi connectivity index (χ2n) is 6.03. The molecule has 5 nitrogen and oxygen atoms in total. The van der Waals surface area contributed by atoms with Crippen LogP contribution in [-0.4, -0.2) is 39.3 Å². The lowest BCUT2D eigenvalue weighted by Crippen LogP contribution is -2.24. The number of aromatic nitrogens is 1. The van der Waals surface area contributed by atoms with Crippen LogP contribution in [0.15, 0.2) is 48.5 Å². The van der Waals surface area contributed by atoms with Crippen LogP contribution in [0.5, 0.6) is 11.5 Å². The third-order valence-corrected chi connectivity index (χ3v) is 5.43. The van der Waals surface area contributed by atoms with Crippen LogP contribution in [0.4, 0.5) is 0 Å². The Kier molecular flexibility index (Phi) is 6.81. The van der Waals surface area contributed by atoms with Gasteiger partial charge in [0.05, 0.1) is 24.8 Å². The lowest BCUT2D eigenvalue weighted by atomic mass is 10.1. The first-order chi connectivity index (χ1) is 13.2. The van der Waals surface area contributed by atoms with Gasteiger partial charge >= 0.3 is 0 Å². The average Bonchev–Trinajstić information content (AvgIpc) is 3.15. The van der Waals surface area contributed by atoms with Gasteiger partial charge < -0.3 is 20.1 Å². The summed E-state index contributed by atoms with van der Waals surface area (Å²) in [5, 5.41) is 7.61. The summed E-state index contributed by atoms with van der Waals surface area (Å²) in [5.41, 5.74) is 3.31. The quantitative estimate of drug-likeness (QED) is 0.551. The Balaban J connectivity index is 1.91. The molecule has 0 aliphatic rings. The molecule has 0 saturated heterocycles. The molecule has 1 heterocycles. The van der Waals surface area contributed by atoms with Gasteiger partial charge in [-0.15, -0.1) is 11.3 Å². The van der Waals surface area contributed by atoms with Crippen LogP contribution in [0.25, 0.3) is 21.0 Å². The van der Waals surface area contributed by atoms with E-state index >= 15 is 0 Å². The molecule has 0 aliphatic heterocycles. The molecule has 0 atom stereocenters. The van der Waals surface area contributed by atoms with Crippen molar-refractivity contribution in [1.29, 1.82) is 0 Å². The van der Waals surface area contributed by atoms with Gasteiger partial charge in [-0.25, -0.2) is 4.98 Å². The van der Waals surface area contributed by atoms with E-state index < -0.39 is 0 Å². The molecule has 6 heteroatoms. The van der Waals surface area contributed by atoms with Gasteiger partial charge in [-0.05, 0) is 61.1 Å². The molecule has 2 aromatic carbocycles. The first-order valence-electron chi connectivity index (χ1n) is 8.89. The van der Waals surface area contributed by atoms with Gasteiger partial charge in [0, 0.05) is 25.2 Å². The van der Waals surface area contributed by atoms with Crippen molar-refractivity contribution in [2.45, 2.75) is 6.54 Å². The fourth-order valence-electron chi connectivity index (χ4n) is 2.72. The molecule has 0 bridgehead atoms. The molecule has 3 rings (SSSR count). The first kappa shape index (κ1) is 19.4. The van der Waals surface area contributed by atoms with E-state index in [1.807, 2.05) is 43.4 Å². The van der Waals surface area contributed by atoms with Crippen LogP contribution in [0.3, 0.4) is 0 Å². The van der Waals surface area contributed by atoms with Crippen molar-refractivity contribution in [1.82, 2.24) is 15.6 Å². The van der Waals surface area contributed by atoms with Gasteiger partial charge in [-0.1, -0.05) is 0 Å². The molecule has 0 spiro atoms. The maximum Gasteiger partial charge on any atom is 0.124 e. The molecule has 0 saturated carbocycles. The zero-order valence-corrected chi connectivity index (χ0v) is 16.7. The molecular weight excluding hydrogens is 358 g/mol. The molecule has 0 unspecified atom stereocenters. The molecule has 142 valence electrons. The smallest absolute Gasteiger partial charge is 0.124 e. The van der Waals surface area contributed by atoms with Crippen LogP contribution < -0.4 is 20.1 Å². The summed E-state index contributed by atoms with van der Waals surface area (Å²) in [5.74, 6) is 1.70. The van der Waals surface area contributed by atoms with Crippen LogP contribution in [0.1, 0.15) is 5.69 Å². The van der Waals surface area contributed by atoms with Crippen molar-refractivity contribution in [3.8, 4) is 32.5 Å². The maximum atomic E-state index is 5.28. The van der Waals surface area contributed by atoms with Crippen LogP contribution in [-0.2, 0) is 6.54 Å². The van der Waals surface area contributed by atoms with E-state index in [2.05, 4.69) is 22.8 Å². The second kappa shape index (κ2) is 9.50. The van der Waals surface area contributed by atoms with Crippen molar-refractivity contribution in [2.24, 2.45) is 0 Å². The number of benzene rings is 2. The lowest BCUT2D eigenvalue weighted by molar-refractivity contribution is 0.415. The van der Waals surface area contributed by atoms with Crippen LogP contribution in [0, 0.1) is 0 Å². The summed E-state index contributed by atoms with van der Waals surface area (Å²) in [6.07, 6.45) is 0. The molecule has 0 radical (unpaired) electrons. The zero-order chi connectivity index (χ0) is 19.1. The molecular formula is C21H25N3O2S. The summed E-state index contributed by atoms with van der Waals surface area (Å²) < 4.78 is 10.5. The van der Waals surface area contributed by atoms with Gasteiger partial charge in [0.25, 0.3) is 0 Å². The molecule has 0 amide bonds. The minimum absolute atomic E-state index is 0.732. The molecule has 1 aromatic heterocycles. The molecule has 0 fully saturated rings. The second-order valence-corrected chi connectivity index (χ2v) is 7.03. The molecule has 27 heavy (non-hydrogen) atoms. The number of hydrogen-bond acceptors (Lipinski definition) is 6. The Morgan fingerprint density at radius 2 is 1.44 bits per heavy atom. The van der Waals surface area contributed by atoms with E-state index in [4.69, 9.17) is 14.5 Å². The van der Waals surface area contributed by atoms with Crippen molar-refractivity contribution >= 4 is 11.3 Å². The summed E-state index contributed by atoms with van der Waals surface area (Å²) in [6, 6.07) is 16.2. The maximum absolute atomic E-state index is 5.28. The predicted molar refractivity (Wildman–Crippen MR) is 112 cm³/mol. The zero-order valence-electron chi connectivity index (χ0n) is 15.9. The fourth-order valence-corrected chi connectivity index (χ4v) is 3.81. The highest BCUT2D eigenvalue weighted by Gasteiger charge is 2.14. The summed E-state index contributed by atoms with van der Waals surface area (Å²) in [7, 11) is 5.31. The Morgan fingerprint density at radius 3 is 2.00 bits per heavy atom. The monoisotopic (exact) mass is 383 g/mol. The summed E-state index contributed by atoms with van der Waals surface area (Å²) >= 11 is 1.71. The van der Waals surface area contributed by atoms with Gasteiger partial charge in [0.15, 0.2) is 0 Å². The van der Waals surface area contributed by atoms with Crippen molar-refractivity contribution in [3.05, 3.63) is 54.2 Å². The normalized spacial score (nSPS) is 10.8. The van der Waals surface area contributed by atoms with E-state index in [-0.39, 0.29) is 0 Å². The topological polar surface area (TPSA) is 55.4 Å².